The van der Waals surface area contributed by atoms with Crippen molar-refractivity contribution in [3.8, 4) is 5.75 Å². The number of carbonyl (C=O) groups is 1. The maximum Gasteiger partial charge on any atom is 0.416 e. The van der Waals surface area contributed by atoms with Gasteiger partial charge in [-0.1, -0.05) is 45.2 Å². The van der Waals surface area contributed by atoms with Crippen LogP contribution >= 0.6 is 0 Å². The molecule has 3 fully saturated rings. The highest BCUT2D eigenvalue weighted by molar-refractivity contribution is 5.81. The van der Waals surface area contributed by atoms with E-state index in [1.54, 1.807) is 6.92 Å². The van der Waals surface area contributed by atoms with Gasteiger partial charge in [-0.2, -0.15) is 13.2 Å². The number of benzene rings is 2. The number of nitrogens with zero attached hydrogens (tertiary/aromatic N) is 2. The van der Waals surface area contributed by atoms with E-state index in [1.165, 1.54) is 41.9 Å². The molecule has 0 spiro atoms. The summed E-state index contributed by atoms with van der Waals surface area (Å²) in [5.74, 6) is 0.371. The summed E-state index contributed by atoms with van der Waals surface area (Å²) in [4.78, 5) is 16.9. The van der Waals surface area contributed by atoms with Crippen molar-refractivity contribution in [2.24, 2.45) is 0 Å². The van der Waals surface area contributed by atoms with Gasteiger partial charge in [0.25, 0.3) is 5.91 Å². The van der Waals surface area contributed by atoms with Crippen molar-refractivity contribution in [3.63, 3.8) is 0 Å². The Hall–Kier alpha value is -2.65. The average molecular weight is 579 g/mol. The number of hydrogen-bond donors (Lipinski definition) is 0. The Balaban J connectivity index is 0.000000713. The minimum absolute atomic E-state index is 0.00176. The maximum atomic E-state index is 13.2. The largest absolute Gasteiger partial charge is 0.472 e. The second-order valence-electron chi connectivity index (χ2n) is 11.1. The highest BCUT2D eigenvalue weighted by atomic mass is 19.4. The quantitative estimate of drug-likeness (QED) is 0.355. The summed E-state index contributed by atoms with van der Waals surface area (Å²) in [5.41, 5.74) is 1.20. The summed E-state index contributed by atoms with van der Waals surface area (Å²) in [6.45, 7) is 7.94. The van der Waals surface area contributed by atoms with Gasteiger partial charge >= 0.3 is 6.18 Å². The van der Waals surface area contributed by atoms with Gasteiger partial charge in [-0.15, -0.1) is 0 Å². The molecule has 4 aliphatic rings. The molecule has 2 saturated heterocycles. The first-order chi connectivity index (χ1) is 19.7. The number of piperidine rings is 1. The van der Waals surface area contributed by atoms with Crippen LogP contribution in [0.25, 0.3) is 0 Å². The lowest BCUT2D eigenvalue weighted by atomic mass is 9.88. The molecule has 6 rings (SSSR count). The van der Waals surface area contributed by atoms with Gasteiger partial charge in [0.15, 0.2) is 6.73 Å². The smallest absolute Gasteiger partial charge is 0.416 e. The van der Waals surface area contributed by atoms with Crippen molar-refractivity contribution in [3.05, 3.63) is 64.5 Å². The third-order valence-corrected chi connectivity index (χ3v) is 7.98. The van der Waals surface area contributed by atoms with Gasteiger partial charge in [-0.25, -0.2) is 4.39 Å². The molecule has 1 saturated carbocycles. The Morgan fingerprint density at radius 1 is 0.951 bits per heavy atom. The van der Waals surface area contributed by atoms with Gasteiger partial charge in [0.2, 0.25) is 0 Å². The van der Waals surface area contributed by atoms with Crippen molar-refractivity contribution in [2.75, 3.05) is 26.4 Å². The Bertz CT molecular complexity index is 1130. The van der Waals surface area contributed by atoms with Gasteiger partial charge in [-0.3, -0.25) is 9.69 Å². The fourth-order valence-electron chi connectivity index (χ4n) is 5.63. The van der Waals surface area contributed by atoms with Gasteiger partial charge in [-0.05, 0) is 87.0 Å². The number of ether oxygens (including phenoxy) is 2. The lowest BCUT2D eigenvalue weighted by Crippen LogP contribution is -2.50. The first-order valence-electron chi connectivity index (χ1n) is 14.9. The Labute approximate surface area is 240 Å². The van der Waals surface area contributed by atoms with Crippen molar-refractivity contribution in [1.82, 2.24) is 9.80 Å². The molecule has 5 nitrogen and oxygen atoms in total. The molecule has 0 radical (unpaired) electrons. The molecule has 1 amide bonds. The summed E-state index contributed by atoms with van der Waals surface area (Å²) in [6, 6.07) is 9.12. The molecule has 1 aliphatic carbocycles. The highest BCUT2D eigenvalue weighted by Crippen LogP contribution is 2.37. The van der Waals surface area contributed by atoms with E-state index >= 15 is 0 Å². The third kappa shape index (κ3) is 8.22. The highest BCUT2D eigenvalue weighted by Gasteiger charge is 2.37. The lowest BCUT2D eigenvalue weighted by Gasteiger charge is -2.41. The number of alkyl halides is 3. The summed E-state index contributed by atoms with van der Waals surface area (Å²) in [5, 5.41) is 0. The van der Waals surface area contributed by atoms with Crippen LogP contribution in [-0.4, -0.2) is 54.3 Å². The molecule has 226 valence electrons. The van der Waals surface area contributed by atoms with E-state index < -0.39 is 17.8 Å². The number of likely N-dealkylation sites (tertiary alicyclic amines) is 1. The summed E-state index contributed by atoms with van der Waals surface area (Å²) in [6.07, 6.45) is 2.80. The summed E-state index contributed by atoms with van der Waals surface area (Å²) < 4.78 is 64.6. The fraction of sp³-hybridized carbons (Fsp3) is 0.594. The topological polar surface area (TPSA) is 42.0 Å². The number of fused-ring (bicyclic) bond motifs is 1. The summed E-state index contributed by atoms with van der Waals surface area (Å²) in [7, 11) is 0. The number of hydrogen-bond acceptors (Lipinski definition) is 4. The molecule has 3 heterocycles. The molecular weight excluding hydrogens is 536 g/mol. The number of amides is 1. The Kier molecular flexibility index (Phi) is 10.7. The van der Waals surface area contributed by atoms with Crippen molar-refractivity contribution >= 4 is 5.91 Å². The van der Waals surface area contributed by atoms with Crippen LogP contribution in [-0.2, 0) is 22.3 Å². The minimum Gasteiger partial charge on any atom is -0.472 e. The predicted molar refractivity (Wildman–Crippen MR) is 150 cm³/mol. The van der Waals surface area contributed by atoms with Gasteiger partial charge in [0.05, 0.1) is 18.7 Å². The van der Waals surface area contributed by atoms with E-state index in [1.807, 2.05) is 26.0 Å². The van der Waals surface area contributed by atoms with Crippen molar-refractivity contribution < 1.29 is 31.8 Å². The van der Waals surface area contributed by atoms with E-state index in [0.29, 0.717) is 35.8 Å². The number of halogens is 4. The molecule has 2 aromatic rings. The van der Waals surface area contributed by atoms with Crippen LogP contribution in [0.1, 0.15) is 87.0 Å². The molecular formula is C32H42F4N2O3. The van der Waals surface area contributed by atoms with Gasteiger partial charge in [0.1, 0.15) is 17.7 Å². The molecule has 2 atom stereocenters. The Morgan fingerprint density at radius 3 is 2.17 bits per heavy atom. The van der Waals surface area contributed by atoms with Crippen LogP contribution in [0.4, 0.5) is 17.6 Å². The average Bonchev–Trinajstić information content (AvgIpc) is 3.88. The normalized spacial score (nSPS) is 22.8. The van der Waals surface area contributed by atoms with E-state index in [0.717, 1.165) is 44.5 Å². The molecule has 0 N–H and O–H groups in total. The second-order valence-corrected chi connectivity index (χ2v) is 11.1. The van der Waals surface area contributed by atoms with Gasteiger partial charge < -0.3 is 14.4 Å². The zero-order valence-electron chi connectivity index (χ0n) is 24.3. The predicted octanol–water partition coefficient (Wildman–Crippen LogP) is 7.46. The fourth-order valence-corrected chi connectivity index (χ4v) is 5.63. The second kappa shape index (κ2) is 14.0. The van der Waals surface area contributed by atoms with Crippen molar-refractivity contribution in [2.45, 2.75) is 96.5 Å². The van der Waals surface area contributed by atoms with E-state index in [-0.39, 0.29) is 31.0 Å². The molecule has 0 aromatic heterocycles. The third-order valence-electron chi connectivity index (χ3n) is 7.98. The van der Waals surface area contributed by atoms with Crippen LogP contribution < -0.4 is 4.74 Å². The molecule has 0 bridgehead atoms. The van der Waals surface area contributed by atoms with E-state index in [2.05, 4.69) is 4.90 Å². The zero-order valence-corrected chi connectivity index (χ0v) is 24.3. The first kappa shape index (κ1) is 31.3. The standard InChI is InChI=1S/C27H30F4N2O3.C3H6.C2H6/c1-17-12-21(27(29,30)31)13-20-14-33(16-36-25(17)20)26(34)24-7-6-23(15-35-24)32-10-8-19(9-11-32)18-2-4-22(28)5-3-18;1-2-3-1;1-2/h2-5,12-13,19,23-24H,6-11,14-16H2,1H3;1-3H2;1-2H3. The van der Waals surface area contributed by atoms with Crippen molar-refractivity contribution in [1.29, 1.82) is 0 Å². The van der Waals surface area contributed by atoms with Crippen LogP contribution in [0.15, 0.2) is 36.4 Å². The van der Waals surface area contributed by atoms with Gasteiger partial charge in [0, 0.05) is 11.6 Å². The zero-order chi connectivity index (χ0) is 29.6. The number of rotatable bonds is 3. The molecule has 2 unspecified atom stereocenters. The monoisotopic (exact) mass is 578 g/mol. The Morgan fingerprint density at radius 2 is 1.61 bits per heavy atom. The summed E-state index contributed by atoms with van der Waals surface area (Å²) >= 11 is 0. The van der Waals surface area contributed by atoms with Crippen LogP contribution in [0.5, 0.6) is 5.75 Å². The SMILES string of the molecule is C1CC1.CC.Cc1cc(C(F)(F)F)cc2c1OCN(C(=O)C1CCC(N3CCC(c4ccc(F)cc4)CC3)CO1)C2. The first-order valence-corrected chi connectivity index (χ1v) is 14.9. The van der Waals surface area contributed by atoms with E-state index in [9.17, 15) is 22.4 Å². The molecule has 9 heteroatoms. The maximum absolute atomic E-state index is 13.2. The molecule has 2 aromatic carbocycles. The van der Waals surface area contributed by atoms with Crippen LogP contribution in [0.2, 0.25) is 0 Å². The lowest BCUT2D eigenvalue weighted by molar-refractivity contribution is -0.154. The number of aryl methyl sites for hydroxylation is 1. The van der Waals surface area contributed by atoms with E-state index in [4.69, 9.17) is 9.47 Å². The van der Waals surface area contributed by atoms with Crippen LogP contribution in [0.3, 0.4) is 0 Å². The molecule has 3 aliphatic heterocycles. The molecule has 41 heavy (non-hydrogen) atoms. The van der Waals surface area contributed by atoms with Crippen LogP contribution in [0, 0.1) is 12.7 Å². The minimum atomic E-state index is -4.46. The number of carbonyl (C=O) groups excluding carboxylic acids is 1.